The third-order valence-corrected chi connectivity index (χ3v) is 3.27. The van der Waals surface area contributed by atoms with E-state index in [2.05, 4.69) is 22.3 Å². The fourth-order valence-corrected chi connectivity index (χ4v) is 2.07. The molecule has 2 heterocycles. The molecule has 0 aromatic carbocycles. The van der Waals surface area contributed by atoms with Crippen molar-refractivity contribution < 1.29 is 4.79 Å². The molecular formula is C15H23Cl2N5O. The molecule has 6 nitrogen and oxygen atoms in total. The highest BCUT2D eigenvalue weighted by Crippen LogP contribution is 2.08. The van der Waals surface area contributed by atoms with Crippen molar-refractivity contribution in [2.45, 2.75) is 32.2 Å². The van der Waals surface area contributed by atoms with Gasteiger partial charge in [-0.15, -0.1) is 24.8 Å². The molecule has 23 heavy (non-hydrogen) atoms. The molecular weight excluding hydrogens is 337 g/mol. The highest BCUT2D eigenvalue weighted by atomic mass is 35.5. The summed E-state index contributed by atoms with van der Waals surface area (Å²) in [7, 11) is 0. The summed E-state index contributed by atoms with van der Waals surface area (Å²) >= 11 is 0. The Bertz CT molecular complexity index is 577. The van der Waals surface area contributed by atoms with Crippen LogP contribution in [0.2, 0.25) is 0 Å². The third kappa shape index (κ3) is 6.17. The maximum absolute atomic E-state index is 12.2. The molecule has 0 aliphatic rings. The zero-order chi connectivity index (χ0) is 15.1. The van der Waals surface area contributed by atoms with Gasteiger partial charge in [-0.25, -0.2) is 4.68 Å². The molecule has 0 saturated carbocycles. The van der Waals surface area contributed by atoms with E-state index in [9.17, 15) is 4.79 Å². The van der Waals surface area contributed by atoms with Crippen LogP contribution in [0.3, 0.4) is 0 Å². The Morgan fingerprint density at radius 1 is 1.39 bits per heavy atom. The lowest BCUT2D eigenvalue weighted by atomic mass is 10.1. The molecule has 0 spiro atoms. The van der Waals surface area contributed by atoms with E-state index in [1.807, 2.05) is 12.3 Å². The molecule has 0 aliphatic heterocycles. The number of carbonyl (C=O) groups excluding carboxylic acids is 1. The van der Waals surface area contributed by atoms with E-state index >= 15 is 0 Å². The number of unbranched alkanes of at least 4 members (excludes halogenated alkanes) is 1. The summed E-state index contributed by atoms with van der Waals surface area (Å²) in [5.41, 5.74) is 6.87. The number of carbonyl (C=O) groups is 1. The highest BCUT2D eigenvalue weighted by Gasteiger charge is 2.13. The first kappa shape index (κ1) is 21.4. The first-order chi connectivity index (χ1) is 10.2. The van der Waals surface area contributed by atoms with Crippen LogP contribution in [0.5, 0.6) is 0 Å². The molecule has 1 atom stereocenters. The van der Waals surface area contributed by atoms with Gasteiger partial charge in [-0.05, 0) is 24.6 Å². The van der Waals surface area contributed by atoms with Crippen LogP contribution in [-0.2, 0) is 0 Å². The predicted molar refractivity (Wildman–Crippen MR) is 95.7 cm³/mol. The number of nitrogens with two attached hydrogens (primary N) is 1. The van der Waals surface area contributed by atoms with E-state index in [1.165, 1.54) is 0 Å². The van der Waals surface area contributed by atoms with E-state index in [1.54, 1.807) is 29.2 Å². The Hall–Kier alpha value is -1.63. The number of hydrogen-bond acceptors (Lipinski definition) is 4. The molecule has 0 fully saturated rings. The zero-order valence-electron chi connectivity index (χ0n) is 13.0. The first-order valence-electron chi connectivity index (χ1n) is 7.21. The zero-order valence-corrected chi connectivity index (χ0v) is 14.6. The van der Waals surface area contributed by atoms with Crippen molar-refractivity contribution in [1.29, 1.82) is 0 Å². The van der Waals surface area contributed by atoms with Crippen LogP contribution in [-0.4, -0.2) is 33.3 Å². The van der Waals surface area contributed by atoms with Crippen molar-refractivity contribution in [2.24, 2.45) is 5.73 Å². The number of rotatable bonds is 7. The van der Waals surface area contributed by atoms with Gasteiger partial charge >= 0.3 is 0 Å². The van der Waals surface area contributed by atoms with Crippen LogP contribution >= 0.6 is 24.8 Å². The van der Waals surface area contributed by atoms with Crippen molar-refractivity contribution in [3.63, 3.8) is 0 Å². The minimum absolute atomic E-state index is 0. The molecule has 2 rings (SSSR count). The van der Waals surface area contributed by atoms with Crippen LogP contribution in [0.15, 0.2) is 36.8 Å². The second kappa shape index (κ2) is 11.0. The number of hydrogen-bond donors (Lipinski definition) is 2. The van der Waals surface area contributed by atoms with E-state index in [4.69, 9.17) is 5.73 Å². The Balaban J connectivity index is 0.00000242. The number of amides is 1. The van der Waals surface area contributed by atoms with E-state index in [-0.39, 0.29) is 36.8 Å². The van der Waals surface area contributed by atoms with Gasteiger partial charge in [0.05, 0.1) is 5.69 Å². The van der Waals surface area contributed by atoms with Gasteiger partial charge < -0.3 is 11.1 Å². The van der Waals surface area contributed by atoms with Gasteiger partial charge in [0.25, 0.3) is 5.91 Å². The minimum Gasteiger partial charge on any atom is -0.347 e. The average molecular weight is 360 g/mol. The summed E-state index contributed by atoms with van der Waals surface area (Å²) in [4.78, 5) is 16.4. The first-order valence-corrected chi connectivity index (χ1v) is 7.21. The summed E-state index contributed by atoms with van der Waals surface area (Å²) in [5, 5.41) is 7.08. The molecule has 0 aliphatic carbocycles. The van der Waals surface area contributed by atoms with Crippen LogP contribution in [0, 0.1) is 0 Å². The largest absolute Gasteiger partial charge is 0.347 e. The highest BCUT2D eigenvalue weighted by molar-refractivity contribution is 5.92. The molecule has 1 unspecified atom stereocenters. The van der Waals surface area contributed by atoms with Crippen LogP contribution in [0.1, 0.15) is 36.7 Å². The molecule has 8 heteroatoms. The SMILES string of the molecule is CCCCC(CN)NC(=O)c1cc(-n2cccn2)ccn1.Cl.Cl. The minimum atomic E-state index is -0.199. The normalized spacial score (nSPS) is 11.0. The van der Waals surface area contributed by atoms with Crippen LogP contribution in [0.4, 0.5) is 0 Å². The number of nitrogens with one attached hydrogen (secondary N) is 1. The van der Waals surface area contributed by atoms with E-state index < -0.39 is 0 Å². The second-order valence-electron chi connectivity index (χ2n) is 4.90. The second-order valence-corrected chi connectivity index (χ2v) is 4.90. The van der Waals surface area contributed by atoms with Crippen molar-refractivity contribution in [3.05, 3.63) is 42.5 Å². The van der Waals surface area contributed by atoms with Crippen LogP contribution < -0.4 is 11.1 Å². The third-order valence-electron chi connectivity index (χ3n) is 3.27. The molecule has 0 radical (unpaired) electrons. The number of nitrogens with zero attached hydrogens (tertiary/aromatic N) is 3. The average Bonchev–Trinajstić information content (AvgIpc) is 3.05. The van der Waals surface area contributed by atoms with Crippen molar-refractivity contribution >= 4 is 30.7 Å². The number of pyridine rings is 1. The lowest BCUT2D eigenvalue weighted by Crippen LogP contribution is -2.40. The molecule has 2 aromatic rings. The maximum atomic E-state index is 12.2. The van der Waals surface area contributed by atoms with Gasteiger partial charge in [-0.1, -0.05) is 19.8 Å². The number of aromatic nitrogens is 3. The predicted octanol–water partition coefficient (Wildman–Crippen LogP) is 2.36. The Morgan fingerprint density at radius 2 is 2.17 bits per heavy atom. The van der Waals surface area contributed by atoms with Gasteiger partial charge in [-0.3, -0.25) is 9.78 Å². The lowest BCUT2D eigenvalue weighted by Gasteiger charge is -2.16. The van der Waals surface area contributed by atoms with Crippen molar-refractivity contribution in [2.75, 3.05) is 6.54 Å². The van der Waals surface area contributed by atoms with Crippen molar-refractivity contribution in [3.8, 4) is 5.69 Å². The van der Waals surface area contributed by atoms with Gasteiger partial charge in [-0.2, -0.15) is 5.10 Å². The lowest BCUT2D eigenvalue weighted by molar-refractivity contribution is 0.0930. The molecule has 2 aromatic heterocycles. The molecule has 1 amide bonds. The fraction of sp³-hybridized carbons (Fsp3) is 0.400. The monoisotopic (exact) mass is 359 g/mol. The van der Waals surface area contributed by atoms with Crippen molar-refractivity contribution in [1.82, 2.24) is 20.1 Å². The van der Waals surface area contributed by atoms with E-state index in [0.29, 0.717) is 12.2 Å². The summed E-state index contributed by atoms with van der Waals surface area (Å²) < 4.78 is 1.69. The fourth-order valence-electron chi connectivity index (χ4n) is 2.07. The molecule has 128 valence electrons. The quantitative estimate of drug-likeness (QED) is 0.794. The van der Waals surface area contributed by atoms with E-state index in [0.717, 1.165) is 24.9 Å². The Labute approximate surface area is 148 Å². The maximum Gasteiger partial charge on any atom is 0.270 e. The summed E-state index contributed by atoms with van der Waals surface area (Å²) in [6, 6.07) is 5.35. The van der Waals surface area contributed by atoms with Gasteiger partial charge in [0.1, 0.15) is 5.69 Å². The Morgan fingerprint density at radius 3 is 2.78 bits per heavy atom. The number of halogens is 2. The molecule has 0 saturated heterocycles. The molecule has 0 bridgehead atoms. The van der Waals surface area contributed by atoms with Gasteiger partial charge in [0.2, 0.25) is 0 Å². The smallest absolute Gasteiger partial charge is 0.270 e. The van der Waals surface area contributed by atoms with Crippen LogP contribution in [0.25, 0.3) is 5.69 Å². The molecule has 3 N–H and O–H groups in total. The summed E-state index contributed by atoms with van der Waals surface area (Å²) in [6.07, 6.45) is 8.13. The van der Waals surface area contributed by atoms with Gasteiger partial charge in [0.15, 0.2) is 0 Å². The topological polar surface area (TPSA) is 85.8 Å². The van der Waals surface area contributed by atoms with Gasteiger partial charge in [0, 0.05) is 31.2 Å². The standard InChI is InChI=1S/C15H21N5O.2ClH/c1-2-3-5-12(11-16)19-15(21)14-10-13(6-8-17-14)20-9-4-7-18-20;;/h4,6-10,12H,2-3,5,11,16H2,1H3,(H,19,21);2*1H. The summed E-state index contributed by atoms with van der Waals surface area (Å²) in [5.74, 6) is -0.199. The Kier molecular flexibility index (Phi) is 10.2. The summed E-state index contributed by atoms with van der Waals surface area (Å²) in [6.45, 7) is 2.55.